The van der Waals surface area contributed by atoms with Crippen molar-refractivity contribution in [3.05, 3.63) is 59.2 Å². The molecule has 0 saturated heterocycles. The van der Waals surface area contributed by atoms with E-state index in [1.807, 2.05) is 6.07 Å². The van der Waals surface area contributed by atoms with Gasteiger partial charge in [0.15, 0.2) is 0 Å². The van der Waals surface area contributed by atoms with Gasteiger partial charge in [0.2, 0.25) is 0 Å². The molecule has 0 saturated carbocycles. The van der Waals surface area contributed by atoms with Gasteiger partial charge in [-0.15, -0.1) is 0 Å². The van der Waals surface area contributed by atoms with Gasteiger partial charge in [0, 0.05) is 6.61 Å². The summed E-state index contributed by atoms with van der Waals surface area (Å²) < 4.78 is 0. The van der Waals surface area contributed by atoms with Crippen LogP contribution in [-0.4, -0.2) is 11.7 Å². The van der Waals surface area contributed by atoms with Gasteiger partial charge in [-0.1, -0.05) is 53.6 Å². The summed E-state index contributed by atoms with van der Waals surface area (Å²) in [6, 6.07) is 10.5. The predicted molar refractivity (Wildman–Crippen MR) is 78.6 cm³/mol. The van der Waals surface area contributed by atoms with E-state index in [0.29, 0.717) is 0 Å². The molecule has 0 aliphatic carbocycles. The minimum Gasteiger partial charge on any atom is -0.396 e. The largest absolute Gasteiger partial charge is 0.396 e. The van der Waals surface area contributed by atoms with E-state index in [4.69, 9.17) is 5.11 Å². The highest BCUT2D eigenvalue weighted by molar-refractivity contribution is 5.22. The predicted octanol–water partition coefficient (Wildman–Crippen LogP) is 4.28. The summed E-state index contributed by atoms with van der Waals surface area (Å²) in [5, 5.41) is 8.94. The van der Waals surface area contributed by atoms with Crippen LogP contribution in [0.3, 0.4) is 0 Å². The molecule has 0 fully saturated rings. The Hall–Kier alpha value is -1.34. The Morgan fingerprint density at radius 3 is 2.39 bits per heavy atom. The molecule has 0 aliphatic rings. The zero-order chi connectivity index (χ0) is 13.2. The molecular formula is C17H24O. The van der Waals surface area contributed by atoms with Crippen molar-refractivity contribution < 1.29 is 5.11 Å². The number of rotatable bonds is 7. The van der Waals surface area contributed by atoms with Crippen molar-refractivity contribution in [3.63, 3.8) is 0 Å². The Balaban J connectivity index is 2.58. The summed E-state index contributed by atoms with van der Waals surface area (Å²) in [6.07, 6.45) is 8.39. The average Bonchev–Trinajstić information content (AvgIpc) is 2.36. The molecule has 98 valence electrons. The van der Waals surface area contributed by atoms with E-state index in [9.17, 15) is 0 Å². The molecule has 18 heavy (non-hydrogen) atoms. The smallest absolute Gasteiger partial charge is 0.0465 e. The number of allylic oxidation sites excluding steroid dienone is 3. The molecule has 0 radical (unpaired) electrons. The molecule has 1 rings (SSSR count). The maximum Gasteiger partial charge on any atom is 0.0465 e. The molecule has 0 amide bonds. The van der Waals surface area contributed by atoms with Gasteiger partial charge in [-0.2, -0.15) is 0 Å². The number of hydrogen-bond acceptors (Lipinski definition) is 1. The first-order valence-corrected chi connectivity index (χ1v) is 6.68. The molecule has 0 aromatic heterocycles. The third-order valence-electron chi connectivity index (χ3n) is 2.85. The zero-order valence-electron chi connectivity index (χ0n) is 11.5. The van der Waals surface area contributed by atoms with Gasteiger partial charge in [-0.25, -0.2) is 0 Å². The quantitative estimate of drug-likeness (QED) is 0.710. The minimum absolute atomic E-state index is 0.237. The van der Waals surface area contributed by atoms with Crippen molar-refractivity contribution in [2.24, 2.45) is 0 Å². The van der Waals surface area contributed by atoms with Crippen LogP contribution in [0.4, 0.5) is 0 Å². The van der Waals surface area contributed by atoms with Crippen molar-refractivity contribution in [1.29, 1.82) is 0 Å². The van der Waals surface area contributed by atoms with E-state index in [2.05, 4.69) is 50.3 Å². The van der Waals surface area contributed by atoms with E-state index < -0.39 is 0 Å². The average molecular weight is 244 g/mol. The molecule has 1 aromatic carbocycles. The third-order valence-corrected chi connectivity index (χ3v) is 2.85. The van der Waals surface area contributed by atoms with Crippen LogP contribution in [0.1, 0.15) is 38.7 Å². The molecule has 0 aliphatic heterocycles. The number of hydrogen-bond donors (Lipinski definition) is 1. The van der Waals surface area contributed by atoms with Gasteiger partial charge in [0.1, 0.15) is 0 Å². The lowest BCUT2D eigenvalue weighted by Gasteiger charge is -2.07. The lowest BCUT2D eigenvalue weighted by molar-refractivity contribution is 0.302. The summed E-state index contributed by atoms with van der Waals surface area (Å²) in [6.45, 7) is 4.50. The Kier molecular flexibility index (Phi) is 7.12. The SMILES string of the molecule is CC(C)=CCC/C(=C\CCO)Cc1ccccc1. The minimum atomic E-state index is 0.237. The first-order valence-electron chi connectivity index (χ1n) is 6.68. The fraction of sp³-hybridized carbons (Fsp3) is 0.412. The normalized spacial score (nSPS) is 11.4. The second-order valence-corrected chi connectivity index (χ2v) is 4.86. The molecule has 1 nitrogen and oxygen atoms in total. The van der Waals surface area contributed by atoms with Crippen molar-refractivity contribution in [3.8, 4) is 0 Å². The standard InChI is InChI=1S/C17H24O/c1-15(2)8-6-11-17(12-7-13-18)14-16-9-4-3-5-10-16/h3-5,8-10,12,18H,6-7,11,13-14H2,1-2H3/b17-12+. The van der Waals surface area contributed by atoms with Crippen LogP contribution in [-0.2, 0) is 6.42 Å². The van der Waals surface area contributed by atoms with Gasteiger partial charge in [0.05, 0.1) is 0 Å². The van der Waals surface area contributed by atoms with E-state index in [1.165, 1.54) is 16.7 Å². The van der Waals surface area contributed by atoms with Gasteiger partial charge in [0.25, 0.3) is 0 Å². The van der Waals surface area contributed by atoms with E-state index >= 15 is 0 Å². The van der Waals surface area contributed by atoms with Crippen LogP contribution in [0.2, 0.25) is 0 Å². The molecule has 0 bridgehead atoms. The molecule has 1 aromatic rings. The highest BCUT2D eigenvalue weighted by Gasteiger charge is 1.99. The fourth-order valence-corrected chi connectivity index (χ4v) is 1.94. The van der Waals surface area contributed by atoms with Crippen LogP contribution in [0.5, 0.6) is 0 Å². The third kappa shape index (κ3) is 6.41. The molecule has 1 heteroatoms. The topological polar surface area (TPSA) is 20.2 Å². The van der Waals surface area contributed by atoms with E-state index in [1.54, 1.807) is 0 Å². The molecule has 0 unspecified atom stereocenters. The van der Waals surface area contributed by atoms with Crippen molar-refractivity contribution in [2.45, 2.75) is 39.5 Å². The van der Waals surface area contributed by atoms with Crippen LogP contribution in [0.15, 0.2) is 53.6 Å². The first kappa shape index (κ1) is 14.7. The summed E-state index contributed by atoms with van der Waals surface area (Å²) >= 11 is 0. The van der Waals surface area contributed by atoms with Crippen molar-refractivity contribution in [1.82, 2.24) is 0 Å². The maximum absolute atomic E-state index is 8.94. The highest BCUT2D eigenvalue weighted by atomic mass is 16.2. The summed E-state index contributed by atoms with van der Waals surface area (Å²) in [5.41, 5.74) is 4.14. The van der Waals surface area contributed by atoms with Crippen molar-refractivity contribution >= 4 is 0 Å². The van der Waals surface area contributed by atoms with E-state index in [0.717, 1.165) is 25.7 Å². The lowest BCUT2D eigenvalue weighted by atomic mass is 9.99. The van der Waals surface area contributed by atoms with Crippen LogP contribution in [0, 0.1) is 0 Å². The Morgan fingerprint density at radius 1 is 1.06 bits per heavy atom. The summed E-state index contributed by atoms with van der Waals surface area (Å²) in [4.78, 5) is 0. The van der Waals surface area contributed by atoms with Gasteiger partial charge < -0.3 is 5.11 Å². The number of benzene rings is 1. The highest BCUT2D eigenvalue weighted by Crippen LogP contribution is 2.15. The van der Waals surface area contributed by atoms with Gasteiger partial charge in [-0.3, -0.25) is 0 Å². The number of aliphatic hydroxyl groups is 1. The second-order valence-electron chi connectivity index (χ2n) is 4.86. The molecular weight excluding hydrogens is 220 g/mol. The lowest BCUT2D eigenvalue weighted by Crippen LogP contribution is -1.92. The summed E-state index contributed by atoms with van der Waals surface area (Å²) in [7, 11) is 0. The van der Waals surface area contributed by atoms with Gasteiger partial charge >= 0.3 is 0 Å². The molecule has 1 N–H and O–H groups in total. The Labute approximate surface area is 111 Å². The zero-order valence-corrected chi connectivity index (χ0v) is 11.5. The molecule has 0 heterocycles. The summed E-state index contributed by atoms with van der Waals surface area (Å²) in [5.74, 6) is 0. The van der Waals surface area contributed by atoms with Gasteiger partial charge in [-0.05, 0) is 45.1 Å². The molecule has 0 atom stereocenters. The Morgan fingerprint density at radius 2 is 1.78 bits per heavy atom. The van der Waals surface area contributed by atoms with Crippen LogP contribution in [0.25, 0.3) is 0 Å². The first-order chi connectivity index (χ1) is 8.72. The fourth-order valence-electron chi connectivity index (χ4n) is 1.94. The molecule has 0 spiro atoms. The maximum atomic E-state index is 8.94. The van der Waals surface area contributed by atoms with Crippen LogP contribution < -0.4 is 0 Å². The Bertz CT molecular complexity index is 383. The second kappa shape index (κ2) is 8.71. The van der Waals surface area contributed by atoms with Crippen molar-refractivity contribution in [2.75, 3.05) is 6.61 Å². The van der Waals surface area contributed by atoms with E-state index in [-0.39, 0.29) is 6.61 Å². The number of aliphatic hydroxyl groups excluding tert-OH is 1. The monoisotopic (exact) mass is 244 g/mol. The van der Waals surface area contributed by atoms with Crippen LogP contribution >= 0.6 is 0 Å².